The zero-order chi connectivity index (χ0) is 15.4. The second-order valence-electron chi connectivity index (χ2n) is 4.53. The largest absolute Gasteiger partial charge is 0.478 e. The van der Waals surface area contributed by atoms with Crippen LogP contribution in [-0.2, 0) is 6.42 Å². The summed E-state index contributed by atoms with van der Waals surface area (Å²) < 4.78 is 26.6. The van der Waals surface area contributed by atoms with Crippen molar-refractivity contribution in [3.8, 4) is 0 Å². The van der Waals surface area contributed by atoms with Crippen molar-refractivity contribution in [2.75, 3.05) is 17.6 Å². The molecule has 0 saturated carbocycles. The number of hydrogen-bond acceptors (Lipinski definition) is 3. The molecule has 0 saturated heterocycles. The molecule has 0 aromatic heterocycles. The molecular weight excluding hydrogens is 278 g/mol. The third kappa shape index (κ3) is 3.68. The van der Waals surface area contributed by atoms with Crippen LogP contribution in [0.1, 0.15) is 15.9 Å². The molecule has 2 aromatic rings. The van der Waals surface area contributed by atoms with E-state index in [2.05, 4.69) is 5.32 Å². The number of carboxylic acids is 1. The van der Waals surface area contributed by atoms with Crippen molar-refractivity contribution >= 4 is 17.3 Å². The monoisotopic (exact) mass is 292 g/mol. The number of carbonyl (C=O) groups is 1. The van der Waals surface area contributed by atoms with Crippen LogP contribution < -0.4 is 11.1 Å². The third-order valence-electron chi connectivity index (χ3n) is 2.99. The highest BCUT2D eigenvalue weighted by Gasteiger charge is 2.13. The van der Waals surface area contributed by atoms with Crippen molar-refractivity contribution in [3.05, 3.63) is 59.2 Å². The minimum absolute atomic E-state index is 0.146. The highest BCUT2D eigenvalue weighted by Crippen LogP contribution is 2.23. The number of halogens is 2. The van der Waals surface area contributed by atoms with Crippen molar-refractivity contribution < 1.29 is 18.7 Å². The fourth-order valence-corrected chi connectivity index (χ4v) is 1.94. The van der Waals surface area contributed by atoms with E-state index >= 15 is 0 Å². The maximum atomic E-state index is 13.6. The Hall–Kier alpha value is -2.63. The van der Waals surface area contributed by atoms with Gasteiger partial charge in [0.1, 0.15) is 11.6 Å². The quantitative estimate of drug-likeness (QED) is 0.741. The first kappa shape index (κ1) is 14.8. The summed E-state index contributed by atoms with van der Waals surface area (Å²) in [5.41, 5.74) is 6.47. The summed E-state index contributed by atoms with van der Waals surface area (Å²) >= 11 is 0. The van der Waals surface area contributed by atoms with Gasteiger partial charge in [0, 0.05) is 6.54 Å². The smallest absolute Gasteiger partial charge is 0.338 e. The molecule has 21 heavy (non-hydrogen) atoms. The van der Waals surface area contributed by atoms with Crippen molar-refractivity contribution in [3.63, 3.8) is 0 Å². The van der Waals surface area contributed by atoms with E-state index in [0.29, 0.717) is 18.7 Å². The van der Waals surface area contributed by atoms with E-state index < -0.39 is 17.3 Å². The van der Waals surface area contributed by atoms with Crippen LogP contribution in [0.25, 0.3) is 0 Å². The molecule has 0 unspecified atom stereocenters. The van der Waals surface area contributed by atoms with Gasteiger partial charge < -0.3 is 16.2 Å². The van der Waals surface area contributed by atoms with Gasteiger partial charge >= 0.3 is 5.97 Å². The van der Waals surface area contributed by atoms with E-state index in [1.807, 2.05) is 0 Å². The molecule has 4 N–H and O–H groups in total. The van der Waals surface area contributed by atoms with Crippen LogP contribution in [0.5, 0.6) is 0 Å². The first-order valence-corrected chi connectivity index (χ1v) is 6.28. The van der Waals surface area contributed by atoms with Gasteiger partial charge in [-0.1, -0.05) is 12.1 Å². The summed E-state index contributed by atoms with van der Waals surface area (Å²) in [5.74, 6) is -2.54. The standard InChI is InChI=1S/C15H14F2N2O2/c16-10-3-1-2-9(6-10)4-5-19-14-8-12(17)11(15(20)21)7-13(14)18/h1-3,6-8,19H,4-5,18H2,(H,20,21). The fourth-order valence-electron chi connectivity index (χ4n) is 1.94. The summed E-state index contributed by atoms with van der Waals surface area (Å²) in [5, 5.41) is 11.7. The first-order valence-electron chi connectivity index (χ1n) is 6.28. The summed E-state index contributed by atoms with van der Waals surface area (Å²) in [6.45, 7) is 0.416. The number of benzene rings is 2. The Morgan fingerprint density at radius 1 is 1.24 bits per heavy atom. The summed E-state index contributed by atoms with van der Waals surface area (Å²) in [6, 6.07) is 8.28. The number of nitrogens with one attached hydrogen (secondary N) is 1. The van der Waals surface area contributed by atoms with Gasteiger partial charge in [0.05, 0.1) is 16.9 Å². The van der Waals surface area contributed by atoms with Crippen LogP contribution in [-0.4, -0.2) is 17.6 Å². The van der Waals surface area contributed by atoms with Gasteiger partial charge in [0.15, 0.2) is 0 Å². The number of anilines is 2. The second-order valence-corrected chi connectivity index (χ2v) is 4.53. The van der Waals surface area contributed by atoms with E-state index in [0.717, 1.165) is 17.7 Å². The maximum absolute atomic E-state index is 13.6. The minimum Gasteiger partial charge on any atom is -0.478 e. The van der Waals surface area contributed by atoms with E-state index in [9.17, 15) is 13.6 Å². The van der Waals surface area contributed by atoms with Crippen LogP contribution >= 0.6 is 0 Å². The zero-order valence-electron chi connectivity index (χ0n) is 11.1. The molecule has 0 atom stereocenters. The maximum Gasteiger partial charge on any atom is 0.338 e. The predicted molar refractivity (Wildman–Crippen MR) is 76.4 cm³/mol. The normalized spacial score (nSPS) is 10.4. The molecule has 0 aliphatic heterocycles. The molecule has 0 radical (unpaired) electrons. The zero-order valence-corrected chi connectivity index (χ0v) is 11.1. The molecule has 0 aliphatic rings. The summed E-state index contributed by atoms with van der Waals surface area (Å²) in [4.78, 5) is 10.8. The average molecular weight is 292 g/mol. The Bertz CT molecular complexity index is 675. The molecule has 6 heteroatoms. The van der Waals surface area contributed by atoms with Gasteiger partial charge in [-0.2, -0.15) is 0 Å². The lowest BCUT2D eigenvalue weighted by Gasteiger charge is -2.11. The van der Waals surface area contributed by atoms with Crippen LogP contribution in [0.15, 0.2) is 36.4 Å². The minimum atomic E-state index is -1.37. The Balaban J connectivity index is 2.04. The number of aromatic carboxylic acids is 1. The Morgan fingerprint density at radius 3 is 2.67 bits per heavy atom. The summed E-state index contributed by atoms with van der Waals surface area (Å²) in [6.07, 6.45) is 0.527. The molecule has 2 rings (SSSR count). The molecule has 110 valence electrons. The molecule has 2 aromatic carbocycles. The number of nitrogen functional groups attached to an aromatic ring is 1. The van der Waals surface area contributed by atoms with E-state index in [1.165, 1.54) is 12.1 Å². The van der Waals surface area contributed by atoms with Gasteiger partial charge in [-0.05, 0) is 36.2 Å². The van der Waals surface area contributed by atoms with Crippen molar-refractivity contribution in [2.45, 2.75) is 6.42 Å². The van der Waals surface area contributed by atoms with Gasteiger partial charge in [0.25, 0.3) is 0 Å². The average Bonchev–Trinajstić information content (AvgIpc) is 2.42. The van der Waals surface area contributed by atoms with E-state index in [4.69, 9.17) is 10.8 Å². The molecule has 4 nitrogen and oxygen atoms in total. The van der Waals surface area contributed by atoms with Crippen LogP contribution in [0, 0.1) is 11.6 Å². The molecule has 0 aliphatic carbocycles. The van der Waals surface area contributed by atoms with Gasteiger partial charge in [-0.25, -0.2) is 13.6 Å². The third-order valence-corrected chi connectivity index (χ3v) is 2.99. The molecule has 0 fully saturated rings. The highest BCUT2D eigenvalue weighted by atomic mass is 19.1. The lowest BCUT2D eigenvalue weighted by Crippen LogP contribution is -2.09. The number of hydrogen-bond donors (Lipinski definition) is 3. The van der Waals surface area contributed by atoms with Gasteiger partial charge in [0.2, 0.25) is 0 Å². The number of nitrogens with two attached hydrogens (primary N) is 1. The lowest BCUT2D eigenvalue weighted by atomic mass is 10.1. The fraction of sp³-hybridized carbons (Fsp3) is 0.133. The Labute approximate surface area is 120 Å². The van der Waals surface area contributed by atoms with Gasteiger partial charge in [-0.3, -0.25) is 0 Å². The van der Waals surface area contributed by atoms with Crippen molar-refractivity contribution in [1.29, 1.82) is 0 Å². The topological polar surface area (TPSA) is 75.4 Å². The van der Waals surface area contributed by atoms with E-state index in [1.54, 1.807) is 12.1 Å². The van der Waals surface area contributed by atoms with Crippen molar-refractivity contribution in [2.24, 2.45) is 0 Å². The number of carboxylic acid groups (broad SMARTS) is 1. The Kier molecular flexibility index (Phi) is 4.37. The SMILES string of the molecule is Nc1cc(C(=O)O)c(F)cc1NCCc1cccc(F)c1. The van der Waals surface area contributed by atoms with Crippen LogP contribution in [0.3, 0.4) is 0 Å². The highest BCUT2D eigenvalue weighted by molar-refractivity contribution is 5.90. The van der Waals surface area contributed by atoms with E-state index in [-0.39, 0.29) is 11.5 Å². The predicted octanol–water partition coefficient (Wildman–Crippen LogP) is 2.90. The van der Waals surface area contributed by atoms with Crippen molar-refractivity contribution in [1.82, 2.24) is 0 Å². The molecule has 0 bridgehead atoms. The first-order chi connectivity index (χ1) is 9.97. The Morgan fingerprint density at radius 2 is 2.00 bits per heavy atom. The van der Waals surface area contributed by atoms with Gasteiger partial charge in [-0.15, -0.1) is 0 Å². The molecule has 0 heterocycles. The van der Waals surface area contributed by atoms with Crippen LogP contribution in [0.2, 0.25) is 0 Å². The lowest BCUT2D eigenvalue weighted by molar-refractivity contribution is 0.0692. The molecule has 0 amide bonds. The summed E-state index contributed by atoms with van der Waals surface area (Å²) in [7, 11) is 0. The van der Waals surface area contributed by atoms with Crippen LogP contribution in [0.4, 0.5) is 20.2 Å². The molecule has 0 spiro atoms. The molecular formula is C15H14F2N2O2. The number of rotatable bonds is 5. The second kappa shape index (κ2) is 6.21.